The number of nitrogens with zero attached hydrogens (tertiary/aromatic N) is 1. The van der Waals surface area contributed by atoms with Crippen molar-refractivity contribution in [1.29, 1.82) is 0 Å². The van der Waals surface area contributed by atoms with Gasteiger partial charge in [0.05, 0.1) is 11.6 Å². The van der Waals surface area contributed by atoms with Crippen LogP contribution in [0, 0.1) is 0 Å². The zero-order valence-corrected chi connectivity index (χ0v) is 10.0. The van der Waals surface area contributed by atoms with Crippen molar-refractivity contribution < 1.29 is 4.42 Å². The minimum Gasteiger partial charge on any atom is -0.444 e. The van der Waals surface area contributed by atoms with Crippen LogP contribution in [-0.2, 0) is 12.3 Å². The van der Waals surface area contributed by atoms with E-state index in [-0.39, 0.29) is 0 Å². The summed E-state index contributed by atoms with van der Waals surface area (Å²) in [4.78, 5) is 4.57. The molecule has 2 rings (SSSR count). The second kappa shape index (κ2) is 5.02. The van der Waals surface area contributed by atoms with Gasteiger partial charge in [0.2, 0.25) is 0 Å². The molecular formula is C12H18ClNO. The van der Waals surface area contributed by atoms with Gasteiger partial charge in [0.25, 0.3) is 0 Å². The highest BCUT2D eigenvalue weighted by atomic mass is 35.5. The lowest BCUT2D eigenvalue weighted by molar-refractivity contribution is 0.355. The lowest BCUT2D eigenvalue weighted by Gasteiger charge is -2.17. The number of halogens is 1. The second-order valence-electron chi connectivity index (χ2n) is 4.24. The Kier molecular flexibility index (Phi) is 3.68. The van der Waals surface area contributed by atoms with Crippen molar-refractivity contribution in [2.75, 3.05) is 0 Å². The molecule has 15 heavy (non-hydrogen) atoms. The van der Waals surface area contributed by atoms with Crippen LogP contribution in [0.2, 0.25) is 0 Å². The van der Waals surface area contributed by atoms with Gasteiger partial charge in [-0.15, -0.1) is 11.6 Å². The summed E-state index contributed by atoms with van der Waals surface area (Å²) in [7, 11) is 0. The Hall–Kier alpha value is -0.500. The maximum Gasteiger partial charge on any atom is 0.197 e. The molecule has 0 N–H and O–H groups in total. The third kappa shape index (κ3) is 2.36. The minimum atomic E-state index is 0.447. The first-order valence-corrected chi connectivity index (χ1v) is 6.43. The van der Waals surface area contributed by atoms with Gasteiger partial charge in [-0.05, 0) is 19.3 Å². The minimum absolute atomic E-state index is 0.447. The van der Waals surface area contributed by atoms with Gasteiger partial charge in [-0.3, -0.25) is 0 Å². The van der Waals surface area contributed by atoms with E-state index in [1.165, 1.54) is 32.1 Å². The molecule has 0 radical (unpaired) electrons. The fourth-order valence-electron chi connectivity index (χ4n) is 2.31. The SMILES string of the molecule is CCc1nc(C2CCCCC2)oc1CCl. The van der Waals surface area contributed by atoms with E-state index in [0.29, 0.717) is 11.8 Å². The Labute approximate surface area is 96.0 Å². The second-order valence-corrected chi connectivity index (χ2v) is 4.51. The van der Waals surface area contributed by atoms with E-state index >= 15 is 0 Å². The summed E-state index contributed by atoms with van der Waals surface area (Å²) < 4.78 is 5.75. The maximum atomic E-state index is 5.83. The average Bonchev–Trinajstić information content (AvgIpc) is 2.73. The van der Waals surface area contributed by atoms with E-state index in [4.69, 9.17) is 16.0 Å². The molecule has 0 unspecified atom stereocenters. The molecule has 0 atom stereocenters. The average molecular weight is 228 g/mol. The largest absolute Gasteiger partial charge is 0.444 e. The first kappa shape index (κ1) is 11.0. The number of alkyl halides is 1. The Morgan fingerprint density at radius 1 is 1.33 bits per heavy atom. The van der Waals surface area contributed by atoms with Crippen LogP contribution in [0.25, 0.3) is 0 Å². The summed E-state index contributed by atoms with van der Waals surface area (Å²) in [6.45, 7) is 2.10. The van der Waals surface area contributed by atoms with E-state index in [1.54, 1.807) is 0 Å². The predicted molar refractivity (Wildman–Crippen MR) is 61.3 cm³/mol. The molecule has 1 aliphatic rings. The van der Waals surface area contributed by atoms with Crippen molar-refractivity contribution in [2.24, 2.45) is 0 Å². The van der Waals surface area contributed by atoms with Crippen LogP contribution in [0.4, 0.5) is 0 Å². The smallest absolute Gasteiger partial charge is 0.197 e. The highest BCUT2D eigenvalue weighted by Gasteiger charge is 2.22. The molecule has 0 bridgehead atoms. The summed E-state index contributed by atoms with van der Waals surface area (Å²) in [5, 5.41) is 0. The van der Waals surface area contributed by atoms with Crippen LogP contribution in [-0.4, -0.2) is 4.98 Å². The molecule has 0 aliphatic heterocycles. The molecule has 3 heteroatoms. The van der Waals surface area contributed by atoms with Gasteiger partial charge in [-0.25, -0.2) is 4.98 Å². The maximum absolute atomic E-state index is 5.83. The fraction of sp³-hybridized carbons (Fsp3) is 0.750. The fourth-order valence-corrected chi connectivity index (χ4v) is 2.52. The number of hydrogen-bond acceptors (Lipinski definition) is 2. The van der Waals surface area contributed by atoms with Crippen molar-refractivity contribution in [3.8, 4) is 0 Å². The highest BCUT2D eigenvalue weighted by molar-refractivity contribution is 6.16. The molecule has 0 aromatic carbocycles. The third-order valence-corrected chi connectivity index (χ3v) is 3.45. The highest BCUT2D eigenvalue weighted by Crippen LogP contribution is 2.33. The topological polar surface area (TPSA) is 26.0 Å². The monoisotopic (exact) mass is 227 g/mol. The van der Waals surface area contributed by atoms with Gasteiger partial charge in [-0.2, -0.15) is 0 Å². The standard InChI is InChI=1S/C12H18ClNO/c1-2-10-11(8-13)15-12(14-10)9-6-4-3-5-7-9/h9H,2-8H2,1H3. The molecule has 0 amide bonds. The van der Waals surface area contributed by atoms with Crippen molar-refractivity contribution in [3.63, 3.8) is 0 Å². The number of rotatable bonds is 3. The first-order chi connectivity index (χ1) is 7.35. The van der Waals surface area contributed by atoms with E-state index in [9.17, 15) is 0 Å². The van der Waals surface area contributed by atoms with Gasteiger partial charge in [-0.1, -0.05) is 26.2 Å². The zero-order chi connectivity index (χ0) is 10.7. The lowest BCUT2D eigenvalue weighted by atomic mass is 9.89. The van der Waals surface area contributed by atoms with Crippen molar-refractivity contribution in [2.45, 2.75) is 57.2 Å². The van der Waals surface area contributed by atoms with Crippen molar-refractivity contribution >= 4 is 11.6 Å². The van der Waals surface area contributed by atoms with Crippen molar-refractivity contribution in [3.05, 3.63) is 17.3 Å². The van der Waals surface area contributed by atoms with E-state index in [2.05, 4.69) is 11.9 Å². The summed E-state index contributed by atoms with van der Waals surface area (Å²) in [6, 6.07) is 0. The Morgan fingerprint density at radius 3 is 2.60 bits per heavy atom. The Morgan fingerprint density at radius 2 is 2.07 bits per heavy atom. The molecule has 1 aliphatic carbocycles. The molecule has 1 fully saturated rings. The summed E-state index contributed by atoms with van der Waals surface area (Å²) in [6.07, 6.45) is 7.35. The first-order valence-electron chi connectivity index (χ1n) is 5.89. The van der Waals surface area contributed by atoms with Gasteiger partial charge in [0.15, 0.2) is 5.89 Å². The lowest BCUT2D eigenvalue weighted by Crippen LogP contribution is -2.04. The summed E-state index contributed by atoms with van der Waals surface area (Å²) in [5.41, 5.74) is 1.05. The molecule has 84 valence electrons. The predicted octanol–water partition coefficient (Wildman–Crippen LogP) is 4.02. The van der Waals surface area contributed by atoms with Gasteiger partial charge in [0.1, 0.15) is 5.76 Å². The quantitative estimate of drug-likeness (QED) is 0.729. The number of oxazole rings is 1. The van der Waals surface area contributed by atoms with Crippen LogP contribution in [0.15, 0.2) is 4.42 Å². The van der Waals surface area contributed by atoms with Crippen LogP contribution in [0.3, 0.4) is 0 Å². The van der Waals surface area contributed by atoms with E-state index in [1.807, 2.05) is 0 Å². The summed E-state index contributed by atoms with van der Waals surface area (Å²) >= 11 is 5.83. The molecule has 1 saturated carbocycles. The normalized spacial score (nSPS) is 18.3. The van der Waals surface area contributed by atoms with Crippen LogP contribution < -0.4 is 0 Å². The zero-order valence-electron chi connectivity index (χ0n) is 9.26. The molecule has 0 saturated heterocycles. The van der Waals surface area contributed by atoms with Gasteiger partial charge >= 0.3 is 0 Å². The Balaban J connectivity index is 2.16. The number of hydrogen-bond donors (Lipinski definition) is 0. The Bertz CT molecular complexity index is 294. The number of aryl methyl sites for hydroxylation is 1. The molecular weight excluding hydrogens is 210 g/mol. The molecule has 0 spiro atoms. The van der Waals surface area contributed by atoms with E-state index in [0.717, 1.165) is 23.8 Å². The van der Waals surface area contributed by atoms with Gasteiger partial charge in [0, 0.05) is 5.92 Å². The van der Waals surface area contributed by atoms with E-state index < -0.39 is 0 Å². The van der Waals surface area contributed by atoms with Crippen LogP contribution >= 0.6 is 11.6 Å². The van der Waals surface area contributed by atoms with Crippen LogP contribution in [0.5, 0.6) is 0 Å². The summed E-state index contributed by atoms with van der Waals surface area (Å²) in [5.74, 6) is 2.80. The number of aromatic nitrogens is 1. The molecule has 1 aromatic rings. The van der Waals surface area contributed by atoms with Crippen molar-refractivity contribution in [1.82, 2.24) is 4.98 Å². The third-order valence-electron chi connectivity index (χ3n) is 3.21. The molecule has 2 nitrogen and oxygen atoms in total. The van der Waals surface area contributed by atoms with Gasteiger partial charge < -0.3 is 4.42 Å². The van der Waals surface area contributed by atoms with Crippen LogP contribution in [0.1, 0.15) is 62.3 Å². The molecule has 1 heterocycles. The molecule has 1 aromatic heterocycles.